The van der Waals surface area contributed by atoms with Gasteiger partial charge < -0.3 is 4.57 Å². The van der Waals surface area contributed by atoms with Gasteiger partial charge in [-0.2, -0.15) is 0 Å². The first kappa shape index (κ1) is 32.7. The van der Waals surface area contributed by atoms with E-state index in [4.69, 9.17) is 15.0 Å². The molecule has 0 aliphatic carbocycles. The molecule has 0 atom stereocenters. The van der Waals surface area contributed by atoms with Gasteiger partial charge in [0.05, 0.1) is 33.6 Å². The Morgan fingerprint density at radius 1 is 0.316 bits per heavy atom. The predicted molar refractivity (Wildman–Crippen MR) is 236 cm³/mol. The summed E-state index contributed by atoms with van der Waals surface area (Å²) in [4.78, 5) is 16.0. The second-order valence-electron chi connectivity index (χ2n) is 14.4. The summed E-state index contributed by atoms with van der Waals surface area (Å²) in [6.07, 6.45) is 0. The van der Waals surface area contributed by atoms with E-state index in [1.807, 2.05) is 12.1 Å². The highest BCUT2D eigenvalue weighted by Crippen LogP contribution is 2.41. The molecule has 3 heterocycles. The largest absolute Gasteiger partial charge is 0.309 e. The van der Waals surface area contributed by atoms with Crippen LogP contribution < -0.4 is 0 Å². The second-order valence-corrected chi connectivity index (χ2v) is 14.4. The van der Waals surface area contributed by atoms with Gasteiger partial charge in [-0.05, 0) is 64.4 Å². The highest BCUT2D eigenvalue weighted by atomic mass is 15.0. The van der Waals surface area contributed by atoms with Gasteiger partial charge in [0, 0.05) is 44.1 Å². The summed E-state index contributed by atoms with van der Waals surface area (Å²) >= 11 is 0. The smallest absolute Gasteiger partial charge is 0.161 e. The lowest BCUT2D eigenvalue weighted by atomic mass is 9.92. The Morgan fingerprint density at radius 2 is 0.772 bits per heavy atom. The van der Waals surface area contributed by atoms with Gasteiger partial charge in [0.1, 0.15) is 0 Å². The van der Waals surface area contributed by atoms with Gasteiger partial charge >= 0.3 is 0 Å². The van der Waals surface area contributed by atoms with Crippen molar-refractivity contribution in [1.29, 1.82) is 0 Å². The van der Waals surface area contributed by atoms with Crippen LogP contribution in [0.4, 0.5) is 0 Å². The lowest BCUT2D eigenvalue weighted by molar-refractivity contribution is 1.17. The normalized spacial score (nSPS) is 11.5. The van der Waals surface area contributed by atoms with Crippen LogP contribution in [0, 0.1) is 0 Å². The van der Waals surface area contributed by atoms with Gasteiger partial charge in [-0.1, -0.05) is 164 Å². The monoisotopic (exact) mass is 726 g/mol. The molecule has 0 aliphatic rings. The zero-order valence-electron chi connectivity index (χ0n) is 30.9. The molecule has 0 spiro atoms. The molecule has 0 N–H and O–H groups in total. The second kappa shape index (κ2) is 13.6. The van der Waals surface area contributed by atoms with Crippen molar-refractivity contribution >= 4 is 43.5 Å². The van der Waals surface area contributed by atoms with Gasteiger partial charge in [0.15, 0.2) is 5.82 Å². The summed E-state index contributed by atoms with van der Waals surface area (Å²) in [5.74, 6) is 0.657. The number of pyridine rings is 1. The molecule has 0 bridgehead atoms. The van der Waals surface area contributed by atoms with Crippen LogP contribution in [0.25, 0.3) is 105 Å². The van der Waals surface area contributed by atoms with Crippen molar-refractivity contribution < 1.29 is 0 Å². The molecule has 266 valence electrons. The molecule has 4 heteroatoms. The Bertz CT molecular complexity index is 3210. The minimum atomic E-state index is 0.657. The fraction of sp³-hybridized carbons (Fsp3) is 0. The van der Waals surface area contributed by atoms with E-state index in [0.717, 1.165) is 77.8 Å². The fourth-order valence-corrected chi connectivity index (χ4v) is 8.34. The highest BCUT2D eigenvalue weighted by Gasteiger charge is 2.19. The van der Waals surface area contributed by atoms with Gasteiger partial charge in [-0.15, -0.1) is 0 Å². The van der Waals surface area contributed by atoms with Gasteiger partial charge in [0.2, 0.25) is 0 Å². The average Bonchev–Trinajstić information content (AvgIpc) is 3.63. The molecule has 11 rings (SSSR count). The molecule has 0 saturated carbocycles. The van der Waals surface area contributed by atoms with E-state index in [0.29, 0.717) is 5.82 Å². The van der Waals surface area contributed by atoms with Crippen LogP contribution >= 0.6 is 0 Å². The number of benzene rings is 8. The highest BCUT2D eigenvalue weighted by molar-refractivity contribution is 6.18. The van der Waals surface area contributed by atoms with E-state index in [1.54, 1.807) is 0 Å². The summed E-state index contributed by atoms with van der Waals surface area (Å²) in [7, 11) is 0. The van der Waals surface area contributed by atoms with Crippen molar-refractivity contribution in [2.24, 2.45) is 0 Å². The number of aromatic nitrogens is 4. The number of fused-ring (bicyclic) bond motifs is 6. The van der Waals surface area contributed by atoms with Crippen molar-refractivity contribution in [3.63, 3.8) is 0 Å². The van der Waals surface area contributed by atoms with Crippen molar-refractivity contribution in [1.82, 2.24) is 19.5 Å². The van der Waals surface area contributed by atoms with Gasteiger partial charge in [-0.3, -0.25) is 0 Å². The predicted octanol–water partition coefficient (Wildman–Crippen LogP) is 13.6. The zero-order valence-corrected chi connectivity index (χ0v) is 30.9. The van der Waals surface area contributed by atoms with E-state index in [2.05, 4.69) is 199 Å². The third-order valence-corrected chi connectivity index (χ3v) is 11.0. The zero-order chi connectivity index (χ0) is 37.7. The molecule has 4 nitrogen and oxygen atoms in total. The molecule has 0 radical (unpaired) electrons. The molecule has 0 aliphatic heterocycles. The maximum absolute atomic E-state index is 5.36. The molecule has 0 fully saturated rings. The first-order valence-corrected chi connectivity index (χ1v) is 19.3. The summed E-state index contributed by atoms with van der Waals surface area (Å²) in [5.41, 5.74) is 13.4. The molecule has 8 aromatic carbocycles. The molecule has 57 heavy (non-hydrogen) atoms. The number of nitrogens with zero attached hydrogens (tertiary/aromatic N) is 4. The number of hydrogen-bond acceptors (Lipinski definition) is 3. The third kappa shape index (κ3) is 5.66. The molecule has 0 unspecified atom stereocenters. The Morgan fingerprint density at radius 3 is 1.35 bits per heavy atom. The molecular formula is C53H34N4. The van der Waals surface area contributed by atoms with Crippen LogP contribution in [0.5, 0.6) is 0 Å². The maximum atomic E-state index is 5.36. The summed E-state index contributed by atoms with van der Waals surface area (Å²) in [6.45, 7) is 0. The Balaban J connectivity index is 1.12. The van der Waals surface area contributed by atoms with E-state index < -0.39 is 0 Å². The first-order chi connectivity index (χ1) is 28.3. The molecule has 3 aromatic heterocycles. The Kier molecular flexibility index (Phi) is 7.78. The number of para-hydroxylation sites is 2. The van der Waals surface area contributed by atoms with E-state index in [-0.39, 0.29) is 0 Å². The Hall–Kier alpha value is -7.69. The summed E-state index contributed by atoms with van der Waals surface area (Å²) in [5, 5.41) is 5.79. The lowest BCUT2D eigenvalue weighted by Gasteiger charge is -2.16. The van der Waals surface area contributed by atoms with Crippen molar-refractivity contribution in [2.75, 3.05) is 0 Å². The van der Waals surface area contributed by atoms with Crippen molar-refractivity contribution in [3.05, 3.63) is 206 Å². The molecule has 0 amide bonds. The lowest BCUT2D eigenvalue weighted by Crippen LogP contribution is -1.99. The number of rotatable bonds is 6. The quantitative estimate of drug-likeness (QED) is 0.160. The fourth-order valence-electron chi connectivity index (χ4n) is 8.34. The SMILES string of the molecule is c1ccc(-c2cc(-c3ccc(-n4c5ccccc5c5ccccc54)cc3)nc(-c3cc4nc(-c5ccccc5)cc(-c5ccccc5)c4c4ccccc34)n2)cc1. The van der Waals surface area contributed by atoms with Crippen LogP contribution in [-0.2, 0) is 0 Å². The minimum absolute atomic E-state index is 0.657. The number of hydrogen-bond donors (Lipinski definition) is 0. The van der Waals surface area contributed by atoms with E-state index >= 15 is 0 Å². The standard InChI is InChI=1S/C53H34N4/c1-4-16-35(17-5-1)44-32-46(36-18-6-2-7-19-36)54-49-33-45(40-22-10-11-25-43(40)52(44)49)53-55-47(37-20-8-3-9-21-37)34-48(56-53)38-28-30-39(31-29-38)57-50-26-14-12-23-41(50)42-24-13-15-27-51(42)57/h1-34H. The van der Waals surface area contributed by atoms with E-state index in [1.165, 1.54) is 21.8 Å². The van der Waals surface area contributed by atoms with Gasteiger partial charge in [0.25, 0.3) is 0 Å². The van der Waals surface area contributed by atoms with Crippen LogP contribution in [0.2, 0.25) is 0 Å². The summed E-state index contributed by atoms with van der Waals surface area (Å²) < 4.78 is 2.34. The van der Waals surface area contributed by atoms with Crippen LogP contribution in [0.1, 0.15) is 0 Å². The van der Waals surface area contributed by atoms with Gasteiger partial charge in [-0.25, -0.2) is 15.0 Å². The topological polar surface area (TPSA) is 43.6 Å². The Labute approximate surface area is 330 Å². The molecule has 0 saturated heterocycles. The van der Waals surface area contributed by atoms with Crippen LogP contribution in [-0.4, -0.2) is 19.5 Å². The molecular weight excluding hydrogens is 693 g/mol. The van der Waals surface area contributed by atoms with Crippen molar-refractivity contribution in [3.8, 4) is 62.0 Å². The van der Waals surface area contributed by atoms with E-state index in [9.17, 15) is 0 Å². The first-order valence-electron chi connectivity index (χ1n) is 19.3. The maximum Gasteiger partial charge on any atom is 0.161 e. The van der Waals surface area contributed by atoms with Crippen LogP contribution in [0.15, 0.2) is 206 Å². The minimum Gasteiger partial charge on any atom is -0.309 e. The summed E-state index contributed by atoms with van der Waals surface area (Å²) in [6, 6.07) is 72.5. The van der Waals surface area contributed by atoms with Crippen LogP contribution in [0.3, 0.4) is 0 Å². The average molecular weight is 727 g/mol. The molecule has 11 aromatic rings. The third-order valence-electron chi connectivity index (χ3n) is 11.0. The van der Waals surface area contributed by atoms with Crippen molar-refractivity contribution in [2.45, 2.75) is 0 Å².